The number of carbonyl (C=O) groups excluding carboxylic acids is 1. The van der Waals surface area contributed by atoms with Gasteiger partial charge in [0.2, 0.25) is 5.91 Å². The first kappa shape index (κ1) is 20.5. The van der Waals surface area contributed by atoms with Gasteiger partial charge in [-0.05, 0) is 43.2 Å². The number of aryl methyl sites for hydroxylation is 1. The molecule has 1 aliphatic rings. The van der Waals surface area contributed by atoms with E-state index in [1.165, 1.54) is 24.2 Å². The lowest BCUT2D eigenvalue weighted by atomic mass is 10.2. The highest BCUT2D eigenvalue weighted by molar-refractivity contribution is 7.99. The van der Waals surface area contributed by atoms with E-state index in [4.69, 9.17) is 0 Å². The predicted octanol–water partition coefficient (Wildman–Crippen LogP) is 5.07. The van der Waals surface area contributed by atoms with Gasteiger partial charge >= 0.3 is 0 Å². The molecule has 1 N–H and O–H groups in total. The lowest BCUT2D eigenvalue weighted by molar-refractivity contribution is -0.115. The Bertz CT molecular complexity index is 1050. The van der Waals surface area contributed by atoms with Crippen molar-refractivity contribution in [2.75, 3.05) is 11.1 Å². The smallest absolute Gasteiger partial charge is 0.225 e. The maximum atomic E-state index is 13.3. The van der Waals surface area contributed by atoms with Gasteiger partial charge in [0.05, 0.1) is 0 Å². The minimum absolute atomic E-state index is 0.137. The normalized spacial score (nSPS) is 13.5. The van der Waals surface area contributed by atoms with E-state index in [1.807, 2.05) is 24.3 Å². The molecule has 1 aromatic heterocycles. The molecule has 0 bridgehead atoms. The molecule has 30 heavy (non-hydrogen) atoms. The number of amides is 1. The highest BCUT2D eigenvalue weighted by Gasteiger charge is 2.16. The van der Waals surface area contributed by atoms with E-state index in [-0.39, 0.29) is 12.3 Å². The van der Waals surface area contributed by atoms with E-state index in [1.54, 1.807) is 0 Å². The molecule has 2 heterocycles. The van der Waals surface area contributed by atoms with Gasteiger partial charge in [-0.3, -0.25) is 4.79 Å². The summed E-state index contributed by atoms with van der Waals surface area (Å²) in [7, 11) is 0. The second-order valence-electron chi connectivity index (χ2n) is 7.21. The minimum atomic E-state index is -0.882. The van der Waals surface area contributed by atoms with E-state index in [0.29, 0.717) is 16.3 Å². The third kappa shape index (κ3) is 4.87. The predicted molar refractivity (Wildman–Crippen MR) is 113 cm³/mol. The first-order valence-corrected chi connectivity index (χ1v) is 11.0. The van der Waals surface area contributed by atoms with Crippen molar-refractivity contribution in [2.45, 2.75) is 43.5 Å². The lowest BCUT2D eigenvalue weighted by Crippen LogP contribution is -2.12. The molecular weight excluding hydrogens is 406 g/mol. The summed E-state index contributed by atoms with van der Waals surface area (Å²) in [5.74, 6) is 0.424. The second-order valence-corrected chi connectivity index (χ2v) is 8.37. The van der Waals surface area contributed by atoms with Crippen LogP contribution in [-0.4, -0.2) is 26.4 Å². The number of nitrogens with zero attached hydrogens (tertiary/aromatic N) is 3. The Hall–Kier alpha value is -2.74. The van der Waals surface area contributed by atoms with Crippen molar-refractivity contribution in [3.8, 4) is 11.4 Å². The van der Waals surface area contributed by atoms with Gasteiger partial charge in [-0.15, -0.1) is 22.0 Å². The number of thioether (sulfide) groups is 1. The Morgan fingerprint density at radius 1 is 1.07 bits per heavy atom. The SMILES string of the molecule is O=C(CCSc1ccc(F)c(F)c1)Nc1cccc(-c2nnc3n2CCCCC3)c1. The van der Waals surface area contributed by atoms with Gasteiger partial charge in [-0.25, -0.2) is 8.78 Å². The summed E-state index contributed by atoms with van der Waals surface area (Å²) in [4.78, 5) is 12.9. The Kier molecular flexibility index (Phi) is 6.42. The van der Waals surface area contributed by atoms with Crippen LogP contribution in [-0.2, 0) is 17.8 Å². The summed E-state index contributed by atoms with van der Waals surface area (Å²) in [6, 6.07) is 11.3. The summed E-state index contributed by atoms with van der Waals surface area (Å²) < 4.78 is 28.4. The minimum Gasteiger partial charge on any atom is -0.326 e. The van der Waals surface area contributed by atoms with E-state index in [9.17, 15) is 13.6 Å². The molecule has 3 aromatic rings. The number of halogens is 2. The molecule has 1 amide bonds. The van der Waals surface area contributed by atoms with Crippen molar-refractivity contribution in [2.24, 2.45) is 0 Å². The Morgan fingerprint density at radius 2 is 1.97 bits per heavy atom. The summed E-state index contributed by atoms with van der Waals surface area (Å²) in [5, 5.41) is 11.6. The molecule has 156 valence electrons. The van der Waals surface area contributed by atoms with Crippen molar-refractivity contribution in [1.29, 1.82) is 0 Å². The number of hydrogen-bond donors (Lipinski definition) is 1. The van der Waals surface area contributed by atoms with E-state index in [2.05, 4.69) is 20.1 Å². The number of fused-ring (bicyclic) bond motifs is 1. The Balaban J connectivity index is 1.37. The third-order valence-electron chi connectivity index (χ3n) is 5.00. The number of carbonyl (C=O) groups is 1. The van der Waals surface area contributed by atoms with Crippen LogP contribution < -0.4 is 5.32 Å². The molecule has 8 heteroatoms. The van der Waals surface area contributed by atoms with Crippen molar-refractivity contribution >= 4 is 23.4 Å². The largest absolute Gasteiger partial charge is 0.326 e. The maximum Gasteiger partial charge on any atom is 0.225 e. The molecule has 5 nitrogen and oxygen atoms in total. The van der Waals surface area contributed by atoms with Crippen molar-refractivity contribution in [1.82, 2.24) is 14.8 Å². The number of benzene rings is 2. The van der Waals surface area contributed by atoms with Crippen LogP contribution in [0.15, 0.2) is 47.4 Å². The number of nitrogens with one attached hydrogen (secondary N) is 1. The third-order valence-corrected chi connectivity index (χ3v) is 6.00. The first-order chi connectivity index (χ1) is 14.6. The topological polar surface area (TPSA) is 59.8 Å². The molecule has 4 rings (SSSR count). The average molecular weight is 429 g/mol. The van der Waals surface area contributed by atoms with Gasteiger partial charge in [0.1, 0.15) is 5.82 Å². The quantitative estimate of drug-likeness (QED) is 0.557. The molecule has 0 atom stereocenters. The van der Waals surface area contributed by atoms with E-state index < -0.39 is 11.6 Å². The molecule has 0 saturated heterocycles. The van der Waals surface area contributed by atoms with Crippen molar-refractivity contribution < 1.29 is 13.6 Å². The van der Waals surface area contributed by atoms with Crippen LogP contribution in [0.4, 0.5) is 14.5 Å². The zero-order valence-electron chi connectivity index (χ0n) is 16.4. The van der Waals surface area contributed by atoms with Gasteiger partial charge in [-0.2, -0.15) is 0 Å². The molecular formula is C22H22F2N4OS. The van der Waals surface area contributed by atoms with E-state index >= 15 is 0 Å². The Morgan fingerprint density at radius 3 is 2.83 bits per heavy atom. The number of anilines is 1. The molecule has 0 spiro atoms. The lowest BCUT2D eigenvalue weighted by Gasteiger charge is -2.09. The summed E-state index contributed by atoms with van der Waals surface area (Å²) in [6.45, 7) is 0.912. The highest BCUT2D eigenvalue weighted by atomic mass is 32.2. The van der Waals surface area contributed by atoms with Crippen LogP contribution in [0.1, 0.15) is 31.5 Å². The number of rotatable bonds is 6. The van der Waals surface area contributed by atoms with Gasteiger partial charge in [-0.1, -0.05) is 18.6 Å². The van der Waals surface area contributed by atoms with Crippen molar-refractivity contribution in [3.63, 3.8) is 0 Å². The zero-order valence-corrected chi connectivity index (χ0v) is 17.2. The van der Waals surface area contributed by atoms with Crippen LogP contribution in [0, 0.1) is 11.6 Å². The van der Waals surface area contributed by atoms with Crippen molar-refractivity contribution in [3.05, 3.63) is 59.9 Å². The maximum absolute atomic E-state index is 13.3. The zero-order chi connectivity index (χ0) is 20.9. The fourth-order valence-electron chi connectivity index (χ4n) is 3.49. The summed E-state index contributed by atoms with van der Waals surface area (Å²) >= 11 is 1.31. The first-order valence-electron chi connectivity index (χ1n) is 10.0. The fraction of sp³-hybridized carbons (Fsp3) is 0.318. The van der Waals surface area contributed by atoms with Gasteiger partial charge in [0.25, 0.3) is 0 Å². The standard InChI is InChI=1S/C22H22F2N4OS/c23-18-9-8-17(14-19(18)24)30-12-10-21(29)25-16-6-4-5-15(13-16)22-27-26-20-7-2-1-3-11-28(20)22/h4-6,8-9,13-14H,1-3,7,10-12H2,(H,25,29). The number of aromatic nitrogens is 3. The summed E-state index contributed by atoms with van der Waals surface area (Å²) in [5.41, 5.74) is 1.62. The van der Waals surface area contributed by atoms with E-state index in [0.717, 1.165) is 55.2 Å². The molecule has 0 aliphatic carbocycles. The Labute approximate surface area is 177 Å². The molecule has 0 fully saturated rings. The van der Waals surface area contributed by atoms with Crippen LogP contribution in [0.5, 0.6) is 0 Å². The average Bonchev–Trinajstić information content (AvgIpc) is 2.99. The molecule has 0 unspecified atom stereocenters. The van der Waals surface area contributed by atoms with Gasteiger partial charge in [0.15, 0.2) is 17.5 Å². The molecule has 2 aromatic carbocycles. The monoisotopic (exact) mass is 428 g/mol. The van der Waals surface area contributed by atoms with Gasteiger partial charge < -0.3 is 9.88 Å². The van der Waals surface area contributed by atoms with Crippen LogP contribution in [0.25, 0.3) is 11.4 Å². The van der Waals surface area contributed by atoms with Gasteiger partial charge in [0, 0.05) is 41.3 Å². The molecule has 1 aliphatic heterocycles. The second kappa shape index (κ2) is 9.38. The molecule has 0 radical (unpaired) electrons. The fourth-order valence-corrected chi connectivity index (χ4v) is 4.36. The highest BCUT2D eigenvalue weighted by Crippen LogP contribution is 2.25. The molecule has 0 saturated carbocycles. The van der Waals surface area contributed by atoms with Crippen LogP contribution in [0.3, 0.4) is 0 Å². The summed E-state index contributed by atoms with van der Waals surface area (Å²) in [6.07, 6.45) is 4.65. The number of hydrogen-bond acceptors (Lipinski definition) is 4. The van der Waals surface area contributed by atoms with Crippen LogP contribution in [0.2, 0.25) is 0 Å². The van der Waals surface area contributed by atoms with Crippen LogP contribution >= 0.6 is 11.8 Å².